The number of hydrogen-bond donors (Lipinski definition) is 3. The van der Waals surface area contributed by atoms with Crippen molar-refractivity contribution in [2.75, 3.05) is 38.1 Å². The van der Waals surface area contributed by atoms with Crippen molar-refractivity contribution in [2.24, 2.45) is 5.92 Å². The second-order valence-electron chi connectivity index (χ2n) is 8.92. The normalized spacial score (nSPS) is 14.8. The molecule has 8 nitrogen and oxygen atoms in total. The summed E-state index contributed by atoms with van der Waals surface area (Å²) in [7, 11) is -0.328. The smallest absolute Gasteiger partial charge is 0.403 e. The van der Waals surface area contributed by atoms with Gasteiger partial charge in [-0.1, -0.05) is 20.8 Å². The average Bonchev–Trinajstić information content (AvgIpc) is 2.76. The minimum absolute atomic E-state index is 0.0415. The van der Waals surface area contributed by atoms with Crippen molar-refractivity contribution in [3.05, 3.63) is 18.2 Å². The molecule has 3 atom stereocenters. The minimum atomic E-state index is -4.49. The van der Waals surface area contributed by atoms with E-state index in [1.807, 2.05) is 13.8 Å². The maximum absolute atomic E-state index is 13.3. The van der Waals surface area contributed by atoms with Crippen molar-refractivity contribution >= 4 is 21.4 Å². The molecular formula is C23H38F3N3O5S. The van der Waals surface area contributed by atoms with E-state index in [9.17, 15) is 26.4 Å². The zero-order chi connectivity index (χ0) is 26.8. The quantitative estimate of drug-likeness (QED) is 0.322. The third-order valence-electron chi connectivity index (χ3n) is 5.36. The maximum Gasteiger partial charge on any atom is 0.403 e. The minimum Gasteiger partial charge on any atom is -0.497 e. The molecule has 1 amide bonds. The number of nitrogens with one attached hydrogen (secondary N) is 3. The van der Waals surface area contributed by atoms with Crippen LogP contribution in [0.15, 0.2) is 18.2 Å². The molecule has 35 heavy (non-hydrogen) atoms. The van der Waals surface area contributed by atoms with Gasteiger partial charge in [0.2, 0.25) is 5.91 Å². The Bertz CT molecular complexity index is 910. The van der Waals surface area contributed by atoms with Gasteiger partial charge in [-0.05, 0) is 37.3 Å². The van der Waals surface area contributed by atoms with Gasteiger partial charge in [0.25, 0.3) is 0 Å². The highest BCUT2D eigenvalue weighted by atomic mass is 32.2. The number of sulfone groups is 1. The van der Waals surface area contributed by atoms with Crippen molar-refractivity contribution in [2.45, 2.75) is 64.3 Å². The summed E-state index contributed by atoms with van der Waals surface area (Å²) in [6.07, 6.45) is -3.35. The van der Waals surface area contributed by atoms with Crippen LogP contribution in [0.4, 0.5) is 18.9 Å². The molecule has 0 fully saturated rings. The van der Waals surface area contributed by atoms with Gasteiger partial charge in [0.1, 0.15) is 27.4 Å². The van der Waals surface area contributed by atoms with Crippen molar-refractivity contribution in [3.63, 3.8) is 0 Å². The molecule has 1 aromatic carbocycles. The molecule has 0 spiro atoms. The number of carbonyl (C=O) groups is 1. The van der Waals surface area contributed by atoms with Crippen molar-refractivity contribution < 1.29 is 35.9 Å². The maximum atomic E-state index is 13.3. The summed E-state index contributed by atoms with van der Waals surface area (Å²) in [4.78, 5) is 13.1. The number of rotatable bonds is 15. The van der Waals surface area contributed by atoms with E-state index < -0.39 is 40.0 Å². The first-order valence-corrected chi connectivity index (χ1v) is 13.5. The van der Waals surface area contributed by atoms with Gasteiger partial charge in [-0.15, -0.1) is 0 Å². The number of benzene rings is 1. The molecular weight excluding hydrogens is 487 g/mol. The van der Waals surface area contributed by atoms with Gasteiger partial charge in [-0.25, -0.2) is 8.42 Å². The number of methoxy groups -OCH3 is 2. The molecule has 0 aliphatic carbocycles. The molecule has 0 saturated carbocycles. The Balaban J connectivity index is 3.06. The SMILES string of the molecule is CC[C@H](N[C@@H](CC(C)C)C(=O)N[C@@H](CCS(C)(=O)=O)CNc1ccc(OC)cc1OC)C(F)(F)F. The van der Waals surface area contributed by atoms with Crippen LogP contribution in [-0.4, -0.2) is 71.4 Å². The van der Waals surface area contributed by atoms with E-state index in [4.69, 9.17) is 9.47 Å². The lowest BCUT2D eigenvalue weighted by Crippen LogP contribution is -2.55. The molecule has 0 saturated heterocycles. The Morgan fingerprint density at radius 1 is 1.14 bits per heavy atom. The predicted octanol–water partition coefficient (Wildman–Crippen LogP) is 3.38. The highest BCUT2D eigenvalue weighted by Crippen LogP contribution is 2.29. The number of ether oxygens (including phenoxy) is 2. The van der Waals surface area contributed by atoms with Crippen molar-refractivity contribution in [1.29, 1.82) is 0 Å². The van der Waals surface area contributed by atoms with Gasteiger partial charge in [0, 0.05) is 24.9 Å². The first-order valence-electron chi connectivity index (χ1n) is 11.5. The molecule has 0 aliphatic rings. The van der Waals surface area contributed by atoms with Crippen LogP contribution in [0, 0.1) is 5.92 Å². The fourth-order valence-corrected chi connectivity index (χ4v) is 4.18. The van der Waals surface area contributed by atoms with E-state index in [1.54, 1.807) is 18.2 Å². The van der Waals surface area contributed by atoms with Crippen LogP contribution in [0.2, 0.25) is 0 Å². The summed E-state index contributed by atoms with van der Waals surface area (Å²) in [5.74, 6) is 0.213. The van der Waals surface area contributed by atoms with Gasteiger partial charge in [0.05, 0.1) is 31.7 Å². The van der Waals surface area contributed by atoms with Crippen LogP contribution >= 0.6 is 0 Å². The summed E-state index contributed by atoms with van der Waals surface area (Å²) < 4.78 is 74.0. The fraction of sp³-hybridized carbons (Fsp3) is 0.696. The number of carbonyl (C=O) groups excluding carboxylic acids is 1. The van der Waals surface area contributed by atoms with Crippen molar-refractivity contribution in [3.8, 4) is 11.5 Å². The molecule has 0 unspecified atom stereocenters. The summed E-state index contributed by atoms with van der Waals surface area (Å²) in [5.41, 5.74) is 0.590. The predicted molar refractivity (Wildman–Crippen MR) is 131 cm³/mol. The second kappa shape index (κ2) is 13.8. The Hall–Kier alpha value is -2.21. The molecule has 3 N–H and O–H groups in total. The highest BCUT2D eigenvalue weighted by molar-refractivity contribution is 7.90. The lowest BCUT2D eigenvalue weighted by atomic mass is 10.0. The second-order valence-corrected chi connectivity index (χ2v) is 11.2. The van der Waals surface area contributed by atoms with Crippen LogP contribution in [0.1, 0.15) is 40.0 Å². The van der Waals surface area contributed by atoms with Crippen LogP contribution < -0.4 is 25.4 Å². The van der Waals surface area contributed by atoms with Crippen LogP contribution in [-0.2, 0) is 14.6 Å². The van der Waals surface area contributed by atoms with Gasteiger partial charge < -0.3 is 20.1 Å². The van der Waals surface area contributed by atoms with E-state index in [1.165, 1.54) is 21.1 Å². The molecule has 0 heterocycles. The summed E-state index contributed by atoms with van der Waals surface area (Å²) in [5, 5.41) is 8.32. The monoisotopic (exact) mass is 525 g/mol. The van der Waals surface area contributed by atoms with E-state index in [-0.39, 0.29) is 37.5 Å². The number of amides is 1. The number of anilines is 1. The largest absolute Gasteiger partial charge is 0.497 e. The van der Waals surface area contributed by atoms with E-state index in [2.05, 4.69) is 16.0 Å². The highest BCUT2D eigenvalue weighted by Gasteiger charge is 2.40. The van der Waals surface area contributed by atoms with Gasteiger partial charge >= 0.3 is 6.18 Å². The molecule has 1 aromatic rings. The number of hydrogen-bond acceptors (Lipinski definition) is 7. The summed E-state index contributed by atoms with van der Waals surface area (Å²) in [6, 6.07) is 1.51. The molecule has 0 bridgehead atoms. The Morgan fingerprint density at radius 2 is 1.80 bits per heavy atom. The fourth-order valence-electron chi connectivity index (χ4n) is 3.47. The molecule has 1 rings (SSSR count). The molecule has 0 aliphatic heterocycles. The third-order valence-corrected chi connectivity index (χ3v) is 6.34. The summed E-state index contributed by atoms with van der Waals surface area (Å²) >= 11 is 0. The molecule has 12 heteroatoms. The Kier molecular flexibility index (Phi) is 12.1. The summed E-state index contributed by atoms with van der Waals surface area (Å²) in [6.45, 7) is 5.16. The number of alkyl halides is 3. The Morgan fingerprint density at radius 3 is 2.29 bits per heavy atom. The first kappa shape index (κ1) is 30.8. The van der Waals surface area contributed by atoms with Gasteiger partial charge in [-0.3, -0.25) is 10.1 Å². The topological polar surface area (TPSA) is 106 Å². The zero-order valence-corrected chi connectivity index (χ0v) is 22.0. The number of halogens is 3. The lowest BCUT2D eigenvalue weighted by molar-refractivity contribution is -0.159. The zero-order valence-electron chi connectivity index (χ0n) is 21.2. The first-order chi connectivity index (χ1) is 16.2. The average molecular weight is 526 g/mol. The van der Waals surface area contributed by atoms with Gasteiger partial charge in [0.15, 0.2) is 0 Å². The van der Waals surface area contributed by atoms with Crippen LogP contribution in [0.5, 0.6) is 11.5 Å². The van der Waals surface area contributed by atoms with Crippen LogP contribution in [0.25, 0.3) is 0 Å². The van der Waals surface area contributed by atoms with E-state index in [0.717, 1.165) is 6.26 Å². The standard InChI is InChI=1S/C23H38F3N3O5S/c1-7-21(23(24,25)26)29-19(12-15(2)3)22(30)28-16(10-11-35(6,31)32)14-27-18-9-8-17(33-4)13-20(18)34-5/h8-9,13,15-16,19,21,27,29H,7,10-12,14H2,1-6H3,(H,28,30)/t16-,19-,21-/m0/s1. The van der Waals surface area contributed by atoms with Crippen LogP contribution in [0.3, 0.4) is 0 Å². The molecule has 0 radical (unpaired) electrons. The van der Waals surface area contributed by atoms with Gasteiger partial charge in [-0.2, -0.15) is 13.2 Å². The van der Waals surface area contributed by atoms with E-state index in [0.29, 0.717) is 17.2 Å². The Labute approximate surface area is 206 Å². The lowest BCUT2D eigenvalue weighted by Gasteiger charge is -2.29. The van der Waals surface area contributed by atoms with E-state index >= 15 is 0 Å². The molecule has 202 valence electrons. The molecule has 0 aromatic heterocycles. The third kappa shape index (κ3) is 11.4. The van der Waals surface area contributed by atoms with Crippen molar-refractivity contribution in [1.82, 2.24) is 10.6 Å².